The fraction of sp³-hybridized carbons (Fsp3) is 0.278. The van der Waals surface area contributed by atoms with Crippen molar-refractivity contribution in [3.8, 4) is 0 Å². The van der Waals surface area contributed by atoms with E-state index in [1.165, 1.54) is 11.1 Å². The lowest BCUT2D eigenvalue weighted by molar-refractivity contribution is 0.1000. The summed E-state index contributed by atoms with van der Waals surface area (Å²) >= 11 is 0. The highest BCUT2D eigenvalue weighted by Crippen LogP contribution is 2.15. The lowest BCUT2D eigenvalue weighted by atomic mass is 10.0. The number of rotatable bonds is 6. The number of benzene rings is 2. The minimum absolute atomic E-state index is 0.258. The van der Waals surface area contributed by atoms with Gasteiger partial charge in [-0.1, -0.05) is 43.3 Å². The summed E-state index contributed by atoms with van der Waals surface area (Å²) in [7, 11) is 0. The summed E-state index contributed by atoms with van der Waals surface area (Å²) in [4.78, 5) is 11.2. The summed E-state index contributed by atoms with van der Waals surface area (Å²) in [6.45, 7) is 5.00. The normalized spacial score (nSPS) is 12.1. The highest BCUT2D eigenvalue weighted by molar-refractivity contribution is 5.92. The maximum atomic E-state index is 11.2. The molecule has 1 atom stereocenters. The molecule has 3 nitrogen and oxygen atoms in total. The number of nitrogens with two attached hydrogens (primary N) is 1. The summed E-state index contributed by atoms with van der Waals surface area (Å²) in [6, 6.07) is 16.3. The fourth-order valence-electron chi connectivity index (χ4n) is 2.27. The molecule has 0 fully saturated rings. The molecule has 1 unspecified atom stereocenters. The van der Waals surface area contributed by atoms with Crippen LogP contribution in [-0.2, 0) is 13.0 Å². The third-order valence-electron chi connectivity index (χ3n) is 3.71. The summed E-state index contributed by atoms with van der Waals surface area (Å²) in [5, 5.41) is 3.47. The highest BCUT2D eigenvalue weighted by atomic mass is 16.1. The van der Waals surface area contributed by atoms with Crippen molar-refractivity contribution in [3.05, 3.63) is 70.8 Å². The van der Waals surface area contributed by atoms with Crippen molar-refractivity contribution in [1.82, 2.24) is 5.32 Å². The Balaban J connectivity index is 1.98. The molecule has 0 saturated carbocycles. The number of primary amides is 1. The van der Waals surface area contributed by atoms with Crippen LogP contribution in [0.5, 0.6) is 0 Å². The Hall–Kier alpha value is -2.13. The standard InChI is InChI=1S/C18H22N2O/c1-3-14-7-9-16(10-8-14)13(2)20-12-15-5-4-6-17(11-15)18(19)21/h4-11,13,20H,3,12H2,1-2H3,(H2,19,21). The predicted molar refractivity (Wildman–Crippen MR) is 86.0 cm³/mol. The Morgan fingerprint density at radius 2 is 1.86 bits per heavy atom. The minimum Gasteiger partial charge on any atom is -0.366 e. The van der Waals surface area contributed by atoms with Crippen molar-refractivity contribution in [2.24, 2.45) is 5.73 Å². The molecule has 0 bridgehead atoms. The first-order chi connectivity index (χ1) is 10.1. The average Bonchev–Trinajstić information content (AvgIpc) is 2.53. The van der Waals surface area contributed by atoms with Crippen molar-refractivity contribution in [2.45, 2.75) is 32.9 Å². The second-order valence-electron chi connectivity index (χ2n) is 5.26. The van der Waals surface area contributed by atoms with Crippen molar-refractivity contribution < 1.29 is 4.79 Å². The third kappa shape index (κ3) is 4.17. The molecule has 2 aromatic rings. The van der Waals surface area contributed by atoms with Gasteiger partial charge in [0.2, 0.25) is 5.91 Å². The largest absolute Gasteiger partial charge is 0.366 e. The van der Waals surface area contributed by atoms with Crippen LogP contribution in [0, 0.1) is 0 Å². The van der Waals surface area contributed by atoms with Crippen LogP contribution >= 0.6 is 0 Å². The zero-order valence-corrected chi connectivity index (χ0v) is 12.6. The first-order valence-electron chi connectivity index (χ1n) is 7.31. The molecule has 0 saturated heterocycles. The monoisotopic (exact) mass is 282 g/mol. The van der Waals surface area contributed by atoms with Gasteiger partial charge in [-0.3, -0.25) is 4.79 Å². The number of carbonyl (C=O) groups is 1. The van der Waals surface area contributed by atoms with Gasteiger partial charge in [-0.15, -0.1) is 0 Å². The zero-order valence-electron chi connectivity index (χ0n) is 12.6. The molecule has 0 heterocycles. The van der Waals surface area contributed by atoms with Gasteiger partial charge in [0, 0.05) is 18.2 Å². The molecule has 110 valence electrons. The smallest absolute Gasteiger partial charge is 0.248 e. The molecular weight excluding hydrogens is 260 g/mol. The lowest BCUT2D eigenvalue weighted by Crippen LogP contribution is -2.18. The van der Waals surface area contributed by atoms with Crippen LogP contribution < -0.4 is 11.1 Å². The van der Waals surface area contributed by atoms with E-state index in [1.54, 1.807) is 6.07 Å². The predicted octanol–water partition coefficient (Wildman–Crippen LogP) is 3.20. The van der Waals surface area contributed by atoms with Crippen LogP contribution in [0.4, 0.5) is 0 Å². The van der Waals surface area contributed by atoms with Crippen LogP contribution in [-0.4, -0.2) is 5.91 Å². The zero-order chi connectivity index (χ0) is 15.2. The van der Waals surface area contributed by atoms with E-state index in [1.807, 2.05) is 18.2 Å². The Bertz CT molecular complexity index is 605. The second kappa shape index (κ2) is 7.04. The Labute approximate surface area is 126 Å². The van der Waals surface area contributed by atoms with Crippen LogP contribution in [0.3, 0.4) is 0 Å². The topological polar surface area (TPSA) is 55.1 Å². The maximum Gasteiger partial charge on any atom is 0.248 e. The van der Waals surface area contributed by atoms with E-state index >= 15 is 0 Å². The molecule has 0 spiro atoms. The molecular formula is C18H22N2O. The van der Waals surface area contributed by atoms with E-state index < -0.39 is 0 Å². The van der Waals surface area contributed by atoms with Crippen LogP contribution in [0.1, 0.15) is 46.9 Å². The van der Waals surface area contributed by atoms with Gasteiger partial charge in [0.25, 0.3) is 0 Å². The van der Waals surface area contributed by atoms with Crippen molar-refractivity contribution in [3.63, 3.8) is 0 Å². The number of nitrogens with one attached hydrogen (secondary N) is 1. The van der Waals surface area contributed by atoms with Gasteiger partial charge in [-0.2, -0.15) is 0 Å². The summed E-state index contributed by atoms with van der Waals surface area (Å²) in [5.74, 6) is -0.389. The molecule has 0 aliphatic carbocycles. The first kappa shape index (κ1) is 15.3. The van der Waals surface area contributed by atoms with Gasteiger partial charge in [0.15, 0.2) is 0 Å². The quantitative estimate of drug-likeness (QED) is 0.855. The Morgan fingerprint density at radius 3 is 2.48 bits per heavy atom. The number of aryl methyl sites for hydroxylation is 1. The van der Waals surface area contributed by atoms with E-state index in [0.717, 1.165) is 12.0 Å². The lowest BCUT2D eigenvalue weighted by Gasteiger charge is -2.15. The molecule has 1 amide bonds. The maximum absolute atomic E-state index is 11.2. The average molecular weight is 282 g/mol. The van der Waals surface area contributed by atoms with Crippen molar-refractivity contribution in [1.29, 1.82) is 0 Å². The highest BCUT2D eigenvalue weighted by Gasteiger charge is 2.06. The molecule has 3 N–H and O–H groups in total. The van der Waals surface area contributed by atoms with E-state index in [4.69, 9.17) is 5.73 Å². The van der Waals surface area contributed by atoms with Gasteiger partial charge >= 0.3 is 0 Å². The SMILES string of the molecule is CCc1ccc(C(C)NCc2cccc(C(N)=O)c2)cc1. The van der Waals surface area contributed by atoms with Gasteiger partial charge in [-0.25, -0.2) is 0 Å². The van der Waals surface area contributed by atoms with Gasteiger partial charge < -0.3 is 11.1 Å². The fourth-order valence-corrected chi connectivity index (χ4v) is 2.27. The summed E-state index contributed by atoms with van der Waals surface area (Å²) in [5.41, 5.74) is 9.52. The summed E-state index contributed by atoms with van der Waals surface area (Å²) < 4.78 is 0. The minimum atomic E-state index is -0.389. The van der Waals surface area contributed by atoms with Crippen LogP contribution in [0.25, 0.3) is 0 Å². The molecule has 0 aromatic heterocycles. The number of carbonyl (C=O) groups excluding carboxylic acids is 1. The van der Waals surface area contributed by atoms with Crippen molar-refractivity contribution >= 4 is 5.91 Å². The van der Waals surface area contributed by atoms with Crippen LogP contribution in [0.15, 0.2) is 48.5 Å². The van der Waals surface area contributed by atoms with Gasteiger partial charge in [-0.05, 0) is 42.2 Å². The van der Waals surface area contributed by atoms with Gasteiger partial charge in [0.05, 0.1) is 0 Å². The number of hydrogen-bond acceptors (Lipinski definition) is 2. The van der Waals surface area contributed by atoms with E-state index in [-0.39, 0.29) is 11.9 Å². The molecule has 21 heavy (non-hydrogen) atoms. The summed E-state index contributed by atoms with van der Waals surface area (Å²) in [6.07, 6.45) is 1.06. The van der Waals surface area contributed by atoms with Gasteiger partial charge in [0.1, 0.15) is 0 Å². The molecule has 0 aliphatic heterocycles. The molecule has 2 rings (SSSR count). The first-order valence-corrected chi connectivity index (χ1v) is 7.31. The second-order valence-corrected chi connectivity index (χ2v) is 5.26. The third-order valence-corrected chi connectivity index (χ3v) is 3.71. The Kier molecular flexibility index (Phi) is 5.12. The van der Waals surface area contributed by atoms with E-state index in [9.17, 15) is 4.79 Å². The van der Waals surface area contributed by atoms with Crippen LogP contribution in [0.2, 0.25) is 0 Å². The number of hydrogen-bond donors (Lipinski definition) is 2. The molecule has 0 aliphatic rings. The Morgan fingerprint density at radius 1 is 1.14 bits per heavy atom. The van der Waals surface area contributed by atoms with E-state index in [2.05, 4.69) is 43.4 Å². The van der Waals surface area contributed by atoms with Crippen molar-refractivity contribution in [2.75, 3.05) is 0 Å². The number of amides is 1. The molecule has 3 heteroatoms. The molecule has 0 radical (unpaired) electrons. The molecule has 2 aromatic carbocycles. The van der Waals surface area contributed by atoms with E-state index in [0.29, 0.717) is 12.1 Å².